The molecule has 0 saturated heterocycles. The first-order valence-electron chi connectivity index (χ1n) is 8.34. The van der Waals surface area contributed by atoms with Crippen LogP contribution in [0.15, 0.2) is 77.6 Å². The zero-order valence-electron chi connectivity index (χ0n) is 14.1. The highest BCUT2D eigenvalue weighted by molar-refractivity contribution is 6.32. The number of nitrogens with zero attached hydrogens (tertiary/aromatic N) is 2. The van der Waals surface area contributed by atoms with Gasteiger partial charge in [0, 0.05) is 5.02 Å². The zero-order valence-corrected chi connectivity index (χ0v) is 15.7. The molecule has 4 aromatic rings. The standard InChI is InChI=1S/C22H14Cl2N2O/c23-17-9-3-1-7-15(17)13-14-21-25-19-11-5-2-8-16(19)22(27)26(21)20-12-6-4-10-18(20)24/h1-14H. The third-order valence-corrected chi connectivity index (χ3v) is 4.88. The van der Waals surface area contributed by atoms with E-state index in [0.29, 0.717) is 32.5 Å². The summed E-state index contributed by atoms with van der Waals surface area (Å²) in [6.45, 7) is 0. The second-order valence-electron chi connectivity index (χ2n) is 5.93. The van der Waals surface area contributed by atoms with Crippen LogP contribution in [0.5, 0.6) is 0 Å². The second-order valence-corrected chi connectivity index (χ2v) is 6.75. The molecule has 0 atom stereocenters. The minimum atomic E-state index is -0.174. The summed E-state index contributed by atoms with van der Waals surface area (Å²) in [6.07, 6.45) is 3.62. The third-order valence-electron chi connectivity index (χ3n) is 4.21. The van der Waals surface area contributed by atoms with E-state index < -0.39 is 0 Å². The lowest BCUT2D eigenvalue weighted by Crippen LogP contribution is -2.22. The van der Waals surface area contributed by atoms with Gasteiger partial charge in [0.05, 0.1) is 21.6 Å². The van der Waals surface area contributed by atoms with Gasteiger partial charge in [-0.15, -0.1) is 0 Å². The third kappa shape index (κ3) is 3.39. The molecule has 0 fully saturated rings. The average Bonchev–Trinajstić information content (AvgIpc) is 2.68. The Morgan fingerprint density at radius 1 is 0.778 bits per heavy atom. The Kier molecular flexibility index (Phi) is 4.80. The van der Waals surface area contributed by atoms with E-state index in [9.17, 15) is 4.79 Å². The minimum absolute atomic E-state index is 0.174. The first-order chi connectivity index (χ1) is 13.1. The van der Waals surface area contributed by atoms with E-state index in [1.807, 2.05) is 60.7 Å². The molecule has 0 amide bonds. The molecule has 5 heteroatoms. The van der Waals surface area contributed by atoms with Crippen molar-refractivity contribution < 1.29 is 0 Å². The van der Waals surface area contributed by atoms with E-state index in [-0.39, 0.29) is 5.56 Å². The first kappa shape index (κ1) is 17.5. The maximum atomic E-state index is 13.2. The highest BCUT2D eigenvalue weighted by atomic mass is 35.5. The fourth-order valence-electron chi connectivity index (χ4n) is 2.90. The van der Waals surface area contributed by atoms with E-state index >= 15 is 0 Å². The predicted molar refractivity (Wildman–Crippen MR) is 113 cm³/mol. The number of fused-ring (bicyclic) bond motifs is 1. The molecule has 132 valence electrons. The van der Waals surface area contributed by atoms with Crippen molar-refractivity contribution in [2.24, 2.45) is 0 Å². The molecule has 0 aliphatic carbocycles. The summed E-state index contributed by atoms with van der Waals surface area (Å²) >= 11 is 12.6. The summed E-state index contributed by atoms with van der Waals surface area (Å²) in [7, 11) is 0. The normalized spacial score (nSPS) is 11.3. The van der Waals surface area contributed by atoms with E-state index in [0.717, 1.165) is 5.56 Å². The maximum Gasteiger partial charge on any atom is 0.266 e. The predicted octanol–water partition coefficient (Wildman–Crippen LogP) is 5.86. The topological polar surface area (TPSA) is 34.9 Å². The summed E-state index contributed by atoms with van der Waals surface area (Å²) in [5.74, 6) is 0.478. The number of halogens is 2. The van der Waals surface area contributed by atoms with Gasteiger partial charge in [-0.2, -0.15) is 0 Å². The van der Waals surface area contributed by atoms with Gasteiger partial charge in [-0.3, -0.25) is 9.36 Å². The van der Waals surface area contributed by atoms with Crippen molar-refractivity contribution in [1.29, 1.82) is 0 Å². The zero-order chi connectivity index (χ0) is 18.8. The molecule has 3 aromatic carbocycles. The fraction of sp³-hybridized carbons (Fsp3) is 0. The van der Waals surface area contributed by atoms with Crippen LogP contribution < -0.4 is 5.56 Å². The van der Waals surface area contributed by atoms with Gasteiger partial charge in [0.1, 0.15) is 5.82 Å². The van der Waals surface area contributed by atoms with Crippen LogP contribution in [0.4, 0.5) is 0 Å². The Labute approximate surface area is 166 Å². The van der Waals surface area contributed by atoms with Crippen molar-refractivity contribution in [3.05, 3.63) is 105 Å². The van der Waals surface area contributed by atoms with Crippen LogP contribution in [0.25, 0.3) is 28.7 Å². The monoisotopic (exact) mass is 392 g/mol. The number of hydrogen-bond acceptors (Lipinski definition) is 2. The Hall–Kier alpha value is -2.88. The lowest BCUT2D eigenvalue weighted by Gasteiger charge is -2.12. The molecule has 0 aliphatic rings. The van der Waals surface area contributed by atoms with Crippen molar-refractivity contribution in [2.45, 2.75) is 0 Å². The van der Waals surface area contributed by atoms with Crippen LogP contribution in [0.2, 0.25) is 10.0 Å². The summed E-state index contributed by atoms with van der Waals surface area (Å²) in [4.78, 5) is 17.9. The van der Waals surface area contributed by atoms with Crippen molar-refractivity contribution in [2.75, 3.05) is 0 Å². The van der Waals surface area contributed by atoms with Gasteiger partial charge in [-0.25, -0.2) is 4.98 Å². The SMILES string of the molecule is O=c1c2ccccc2nc(C=Cc2ccccc2Cl)n1-c1ccccc1Cl. The van der Waals surface area contributed by atoms with E-state index in [1.54, 1.807) is 24.3 Å². The van der Waals surface area contributed by atoms with E-state index in [2.05, 4.69) is 4.98 Å². The summed E-state index contributed by atoms with van der Waals surface area (Å²) < 4.78 is 1.53. The number of para-hydroxylation sites is 2. The number of aromatic nitrogens is 2. The van der Waals surface area contributed by atoms with Crippen LogP contribution in [0.3, 0.4) is 0 Å². The van der Waals surface area contributed by atoms with Crippen LogP contribution in [-0.4, -0.2) is 9.55 Å². The van der Waals surface area contributed by atoms with E-state index in [4.69, 9.17) is 23.2 Å². The van der Waals surface area contributed by atoms with E-state index in [1.165, 1.54) is 4.57 Å². The molecule has 0 saturated carbocycles. The Morgan fingerprint density at radius 3 is 2.22 bits per heavy atom. The smallest absolute Gasteiger partial charge is 0.266 e. The van der Waals surface area contributed by atoms with Crippen molar-refractivity contribution in [3.63, 3.8) is 0 Å². The number of benzene rings is 3. The lowest BCUT2D eigenvalue weighted by atomic mass is 10.2. The van der Waals surface area contributed by atoms with Crippen LogP contribution >= 0.6 is 23.2 Å². The molecule has 27 heavy (non-hydrogen) atoms. The average molecular weight is 393 g/mol. The molecule has 0 spiro atoms. The summed E-state index contributed by atoms with van der Waals surface area (Å²) in [5.41, 5.74) is 1.88. The summed E-state index contributed by atoms with van der Waals surface area (Å²) in [5, 5.41) is 1.64. The summed E-state index contributed by atoms with van der Waals surface area (Å²) in [6, 6.07) is 22.0. The highest BCUT2D eigenvalue weighted by Gasteiger charge is 2.13. The molecule has 0 bridgehead atoms. The molecular weight excluding hydrogens is 379 g/mol. The maximum absolute atomic E-state index is 13.2. The molecule has 0 N–H and O–H groups in total. The van der Waals surface area contributed by atoms with Gasteiger partial charge in [-0.05, 0) is 48.0 Å². The van der Waals surface area contributed by atoms with Gasteiger partial charge < -0.3 is 0 Å². The molecule has 4 rings (SSSR count). The van der Waals surface area contributed by atoms with Crippen LogP contribution in [0.1, 0.15) is 11.4 Å². The Morgan fingerprint density at radius 2 is 1.44 bits per heavy atom. The van der Waals surface area contributed by atoms with Crippen molar-refractivity contribution in [1.82, 2.24) is 9.55 Å². The molecule has 0 radical (unpaired) electrons. The quantitative estimate of drug-likeness (QED) is 0.437. The Balaban J connectivity index is 1.99. The van der Waals surface area contributed by atoms with Gasteiger partial charge in [0.2, 0.25) is 0 Å². The number of rotatable bonds is 3. The molecule has 3 nitrogen and oxygen atoms in total. The van der Waals surface area contributed by atoms with Crippen LogP contribution in [-0.2, 0) is 0 Å². The highest BCUT2D eigenvalue weighted by Crippen LogP contribution is 2.23. The minimum Gasteiger partial charge on any atom is -0.268 e. The molecule has 0 aliphatic heterocycles. The van der Waals surface area contributed by atoms with Crippen molar-refractivity contribution in [3.8, 4) is 5.69 Å². The lowest BCUT2D eigenvalue weighted by molar-refractivity contribution is 0.944. The second kappa shape index (κ2) is 7.39. The fourth-order valence-corrected chi connectivity index (χ4v) is 3.32. The molecule has 1 heterocycles. The van der Waals surface area contributed by atoms with Gasteiger partial charge in [0.15, 0.2) is 0 Å². The first-order valence-corrected chi connectivity index (χ1v) is 9.10. The van der Waals surface area contributed by atoms with Crippen LogP contribution in [0, 0.1) is 0 Å². The largest absolute Gasteiger partial charge is 0.268 e. The Bertz CT molecular complexity index is 1230. The van der Waals surface area contributed by atoms with Crippen molar-refractivity contribution >= 4 is 46.3 Å². The van der Waals surface area contributed by atoms with Gasteiger partial charge >= 0.3 is 0 Å². The molecular formula is C22H14Cl2N2O. The molecule has 0 unspecified atom stereocenters. The molecule has 1 aromatic heterocycles. The number of hydrogen-bond donors (Lipinski definition) is 0. The van der Waals surface area contributed by atoms with Gasteiger partial charge in [-0.1, -0.05) is 65.7 Å². The van der Waals surface area contributed by atoms with Gasteiger partial charge in [0.25, 0.3) is 5.56 Å².